The number of aromatic nitrogens is 3. The van der Waals surface area contributed by atoms with Crippen molar-refractivity contribution in [3.05, 3.63) is 211 Å². The standard InChI is InChI=1S/C56H32N6/c57-33-39-31-38(55-47(35-59)51(36-17-5-1-6-18-36)46(34-58)54(60-55)37-19-7-2-8-20-37)29-30-42(39)53-52-44-26-14-16-28-49(44)61(40-21-9-3-10-22-40)50(52)32-45-43-25-13-15-27-48(43)62(56(45)53)41-23-11-4-12-24-41/h1-32H. The highest BCUT2D eigenvalue weighted by Crippen LogP contribution is 2.48. The molecule has 0 fully saturated rings. The van der Waals surface area contributed by atoms with Crippen molar-refractivity contribution >= 4 is 43.6 Å². The monoisotopic (exact) mass is 788 g/mol. The van der Waals surface area contributed by atoms with Crippen LogP contribution >= 0.6 is 0 Å². The molecule has 0 spiro atoms. The molecule has 286 valence electrons. The van der Waals surface area contributed by atoms with Crippen molar-refractivity contribution in [1.29, 1.82) is 15.8 Å². The fourth-order valence-corrected chi connectivity index (χ4v) is 9.25. The number of rotatable bonds is 6. The SMILES string of the molecule is N#Cc1cc(-c2nc(-c3ccccc3)c(C#N)c(-c3ccccc3)c2C#N)ccc1-c1c2c3ccccc3n(-c3ccccc3)c2cc2c3ccccc3n(-c3ccccc3)c12. The quantitative estimate of drug-likeness (QED) is 0.168. The average molecular weight is 789 g/mol. The minimum absolute atomic E-state index is 0.267. The van der Waals surface area contributed by atoms with Gasteiger partial charge in [0.25, 0.3) is 0 Å². The topological polar surface area (TPSA) is 94.1 Å². The molecule has 11 aromatic rings. The third kappa shape index (κ3) is 5.51. The fourth-order valence-electron chi connectivity index (χ4n) is 9.25. The molecule has 0 saturated heterocycles. The lowest BCUT2D eigenvalue weighted by Gasteiger charge is -2.18. The van der Waals surface area contributed by atoms with Crippen molar-refractivity contribution in [3.8, 4) is 74.4 Å². The van der Waals surface area contributed by atoms with Crippen LogP contribution in [-0.2, 0) is 0 Å². The number of nitrogens with zero attached hydrogens (tertiary/aromatic N) is 6. The third-order valence-corrected chi connectivity index (χ3v) is 11.8. The van der Waals surface area contributed by atoms with E-state index in [-0.39, 0.29) is 5.56 Å². The van der Waals surface area contributed by atoms with Gasteiger partial charge in [0, 0.05) is 60.7 Å². The minimum atomic E-state index is 0.267. The molecule has 3 heterocycles. The van der Waals surface area contributed by atoms with Gasteiger partial charge >= 0.3 is 0 Å². The molecule has 0 unspecified atom stereocenters. The summed E-state index contributed by atoms with van der Waals surface area (Å²) in [4.78, 5) is 5.12. The van der Waals surface area contributed by atoms with E-state index in [0.29, 0.717) is 33.6 Å². The fraction of sp³-hybridized carbons (Fsp3) is 0. The van der Waals surface area contributed by atoms with Crippen molar-refractivity contribution in [2.24, 2.45) is 0 Å². The van der Waals surface area contributed by atoms with Crippen LogP contribution in [-0.4, -0.2) is 14.1 Å². The highest BCUT2D eigenvalue weighted by molar-refractivity contribution is 6.27. The Labute approximate surface area is 357 Å². The number of hydrogen-bond acceptors (Lipinski definition) is 4. The molecule has 0 amide bonds. The van der Waals surface area contributed by atoms with Gasteiger partial charge in [0.2, 0.25) is 0 Å². The molecule has 0 saturated carbocycles. The zero-order valence-electron chi connectivity index (χ0n) is 33.2. The molecule has 0 radical (unpaired) electrons. The lowest BCUT2D eigenvalue weighted by molar-refractivity contribution is 1.17. The van der Waals surface area contributed by atoms with Gasteiger partial charge in [-0.2, -0.15) is 15.8 Å². The predicted molar refractivity (Wildman–Crippen MR) is 249 cm³/mol. The summed E-state index contributed by atoms with van der Waals surface area (Å²) in [6.45, 7) is 0. The van der Waals surface area contributed by atoms with Gasteiger partial charge < -0.3 is 9.13 Å². The molecule has 0 aliphatic heterocycles. The van der Waals surface area contributed by atoms with Crippen molar-refractivity contribution < 1.29 is 0 Å². The molecular formula is C56H32N6. The van der Waals surface area contributed by atoms with Gasteiger partial charge in [-0.3, -0.25) is 0 Å². The Morgan fingerprint density at radius 3 is 1.52 bits per heavy atom. The first-order valence-electron chi connectivity index (χ1n) is 20.3. The summed E-state index contributed by atoms with van der Waals surface area (Å²) >= 11 is 0. The number of pyridine rings is 1. The van der Waals surface area contributed by atoms with Crippen molar-refractivity contribution in [2.75, 3.05) is 0 Å². The highest BCUT2D eigenvalue weighted by atomic mass is 15.0. The van der Waals surface area contributed by atoms with Crippen LogP contribution in [0.15, 0.2) is 194 Å². The Balaban J connectivity index is 1.28. The van der Waals surface area contributed by atoms with E-state index in [4.69, 9.17) is 4.98 Å². The molecule has 62 heavy (non-hydrogen) atoms. The van der Waals surface area contributed by atoms with E-state index in [0.717, 1.165) is 77.2 Å². The first-order chi connectivity index (χ1) is 30.7. The number of hydrogen-bond donors (Lipinski definition) is 0. The molecule has 3 aromatic heterocycles. The first kappa shape index (κ1) is 36.1. The summed E-state index contributed by atoms with van der Waals surface area (Å²) in [6, 6.07) is 72.3. The molecule has 0 bridgehead atoms. The van der Waals surface area contributed by atoms with Crippen LogP contribution in [0.4, 0.5) is 0 Å². The second-order valence-electron chi connectivity index (χ2n) is 15.2. The summed E-state index contributed by atoms with van der Waals surface area (Å²) in [5, 5.41) is 37.1. The van der Waals surface area contributed by atoms with E-state index >= 15 is 0 Å². The van der Waals surface area contributed by atoms with Crippen molar-refractivity contribution in [1.82, 2.24) is 14.1 Å². The molecule has 6 heteroatoms. The van der Waals surface area contributed by atoms with E-state index in [1.165, 1.54) is 0 Å². The molecule has 8 aromatic carbocycles. The maximum absolute atomic E-state index is 11.3. The van der Waals surface area contributed by atoms with E-state index < -0.39 is 0 Å². The van der Waals surface area contributed by atoms with Crippen LogP contribution < -0.4 is 0 Å². The minimum Gasteiger partial charge on any atom is -0.309 e. The number of nitriles is 3. The maximum atomic E-state index is 11.3. The lowest BCUT2D eigenvalue weighted by Crippen LogP contribution is -2.02. The van der Waals surface area contributed by atoms with E-state index in [2.05, 4.69) is 130 Å². The van der Waals surface area contributed by atoms with Crippen molar-refractivity contribution in [3.63, 3.8) is 0 Å². The van der Waals surface area contributed by atoms with Crippen LogP contribution in [0.25, 0.3) is 99.8 Å². The van der Waals surface area contributed by atoms with Gasteiger partial charge in [0.1, 0.15) is 12.1 Å². The number of fused-ring (bicyclic) bond motifs is 6. The second kappa shape index (κ2) is 14.7. The Morgan fingerprint density at radius 2 is 0.903 bits per heavy atom. The Hall–Kier alpha value is -9.02. The molecule has 6 nitrogen and oxygen atoms in total. The smallest absolute Gasteiger partial charge is 0.102 e. The van der Waals surface area contributed by atoms with Crippen LogP contribution in [0.2, 0.25) is 0 Å². The zero-order chi connectivity index (χ0) is 41.7. The Kier molecular flexibility index (Phi) is 8.54. The molecule has 0 aliphatic rings. The van der Waals surface area contributed by atoms with E-state index in [1.54, 1.807) is 0 Å². The second-order valence-corrected chi connectivity index (χ2v) is 15.2. The normalized spacial score (nSPS) is 11.2. The van der Waals surface area contributed by atoms with Gasteiger partial charge in [0.15, 0.2) is 0 Å². The molecule has 0 N–H and O–H groups in total. The Bertz CT molecular complexity index is 3690. The average Bonchev–Trinajstić information content (AvgIpc) is 3.86. The molecule has 0 atom stereocenters. The zero-order valence-corrected chi connectivity index (χ0v) is 33.2. The van der Waals surface area contributed by atoms with Gasteiger partial charge in [-0.15, -0.1) is 0 Å². The van der Waals surface area contributed by atoms with Crippen LogP contribution in [0.3, 0.4) is 0 Å². The summed E-state index contributed by atoms with van der Waals surface area (Å²) < 4.78 is 4.64. The van der Waals surface area contributed by atoms with Crippen LogP contribution in [0.5, 0.6) is 0 Å². The Morgan fingerprint density at radius 1 is 0.387 bits per heavy atom. The van der Waals surface area contributed by atoms with E-state index in [1.807, 2.05) is 91.0 Å². The third-order valence-electron chi connectivity index (χ3n) is 11.8. The predicted octanol–water partition coefficient (Wildman–Crippen LogP) is 13.6. The number of benzene rings is 8. The van der Waals surface area contributed by atoms with Crippen molar-refractivity contribution in [2.45, 2.75) is 0 Å². The van der Waals surface area contributed by atoms with Gasteiger partial charge in [-0.1, -0.05) is 146 Å². The molecule has 0 aliphatic carbocycles. The lowest BCUT2D eigenvalue weighted by atomic mass is 9.88. The van der Waals surface area contributed by atoms with E-state index in [9.17, 15) is 15.8 Å². The van der Waals surface area contributed by atoms with Crippen LogP contribution in [0, 0.1) is 34.0 Å². The summed E-state index contributed by atoms with van der Waals surface area (Å²) in [5.74, 6) is 0. The molecule has 11 rings (SSSR count). The summed E-state index contributed by atoms with van der Waals surface area (Å²) in [7, 11) is 0. The summed E-state index contributed by atoms with van der Waals surface area (Å²) in [5.41, 5.74) is 12.3. The maximum Gasteiger partial charge on any atom is 0.102 e. The van der Waals surface area contributed by atoms with Crippen LogP contribution in [0.1, 0.15) is 16.7 Å². The summed E-state index contributed by atoms with van der Waals surface area (Å²) in [6.07, 6.45) is 0. The van der Waals surface area contributed by atoms with Gasteiger partial charge in [0.05, 0.1) is 56.2 Å². The first-order valence-corrected chi connectivity index (χ1v) is 20.3. The molecular weight excluding hydrogens is 757 g/mol. The highest BCUT2D eigenvalue weighted by Gasteiger charge is 2.27. The van der Waals surface area contributed by atoms with Gasteiger partial charge in [-0.25, -0.2) is 4.98 Å². The van der Waals surface area contributed by atoms with Gasteiger partial charge in [-0.05, 0) is 54.1 Å². The largest absolute Gasteiger partial charge is 0.309 e. The number of para-hydroxylation sites is 4.